The Labute approximate surface area is 160 Å². The molecule has 0 bridgehead atoms. The van der Waals surface area contributed by atoms with E-state index in [4.69, 9.17) is 23.2 Å². The third-order valence-electron chi connectivity index (χ3n) is 4.30. The van der Waals surface area contributed by atoms with Gasteiger partial charge in [0.2, 0.25) is 10.0 Å². The molecule has 1 saturated heterocycles. The normalized spacial score (nSPS) is 18.9. The smallest absolute Gasteiger partial charge is 0.239 e. The number of hydrogen-bond acceptors (Lipinski definition) is 4. The average molecular weight is 413 g/mol. The van der Waals surface area contributed by atoms with Crippen molar-refractivity contribution >= 4 is 54.8 Å². The van der Waals surface area contributed by atoms with E-state index in [1.54, 1.807) is 23.5 Å². The monoisotopic (exact) mass is 412 g/mol. The van der Waals surface area contributed by atoms with Gasteiger partial charge in [-0.25, -0.2) is 13.4 Å². The zero-order chi connectivity index (χ0) is 17.6. The van der Waals surface area contributed by atoms with Crippen LogP contribution < -0.4 is 0 Å². The molecule has 1 aliphatic heterocycles. The second kappa shape index (κ2) is 6.52. The lowest BCUT2D eigenvalue weighted by molar-refractivity contribution is 0.396. The molecule has 2 heterocycles. The number of benzene rings is 2. The minimum absolute atomic E-state index is 0.0506. The SMILES string of the molecule is O=S(=O)(c1cccc(Cl)c1Cl)N1CCCC1c1nc2ccccc2s1. The second-order valence-corrected chi connectivity index (χ2v) is 9.55. The van der Waals surface area contributed by atoms with Crippen LogP contribution in [0.2, 0.25) is 10.0 Å². The van der Waals surface area contributed by atoms with Crippen molar-refractivity contribution in [3.05, 3.63) is 57.5 Å². The van der Waals surface area contributed by atoms with E-state index < -0.39 is 10.0 Å². The third kappa shape index (κ3) is 2.96. The first-order valence-corrected chi connectivity index (χ1v) is 10.8. The number of rotatable bonds is 3. The van der Waals surface area contributed by atoms with Crippen LogP contribution in [0.1, 0.15) is 23.9 Å². The lowest BCUT2D eigenvalue weighted by atomic mass is 10.2. The van der Waals surface area contributed by atoms with Gasteiger partial charge in [0.05, 0.1) is 26.3 Å². The molecule has 4 nitrogen and oxygen atoms in total. The van der Waals surface area contributed by atoms with Crippen LogP contribution in [-0.4, -0.2) is 24.3 Å². The highest BCUT2D eigenvalue weighted by molar-refractivity contribution is 7.89. The molecular formula is C17H14Cl2N2O2S2. The summed E-state index contributed by atoms with van der Waals surface area (Å²) < 4.78 is 28.9. The van der Waals surface area contributed by atoms with Crippen molar-refractivity contribution < 1.29 is 8.42 Å². The van der Waals surface area contributed by atoms with Crippen LogP contribution in [0.15, 0.2) is 47.4 Å². The molecular weight excluding hydrogens is 399 g/mol. The summed E-state index contributed by atoms with van der Waals surface area (Å²) >= 11 is 13.7. The summed E-state index contributed by atoms with van der Waals surface area (Å²) in [5.41, 5.74) is 0.896. The molecule has 0 spiro atoms. The van der Waals surface area contributed by atoms with E-state index in [1.165, 1.54) is 10.4 Å². The van der Waals surface area contributed by atoms with Gasteiger partial charge in [-0.2, -0.15) is 4.31 Å². The standard InChI is InChI=1S/C17H14Cl2N2O2S2/c18-11-5-3-9-15(16(11)19)25(22,23)21-10-4-7-13(21)17-20-12-6-1-2-8-14(12)24-17/h1-3,5-6,8-9,13H,4,7,10H2. The molecule has 0 amide bonds. The molecule has 0 aliphatic carbocycles. The van der Waals surface area contributed by atoms with E-state index in [1.807, 2.05) is 24.3 Å². The molecule has 0 saturated carbocycles. The molecule has 0 N–H and O–H groups in total. The van der Waals surface area contributed by atoms with Gasteiger partial charge in [-0.15, -0.1) is 11.3 Å². The van der Waals surface area contributed by atoms with Crippen molar-refractivity contribution in [2.75, 3.05) is 6.54 Å². The van der Waals surface area contributed by atoms with Gasteiger partial charge in [-0.1, -0.05) is 41.4 Å². The maximum atomic E-state index is 13.2. The fourth-order valence-corrected chi connectivity index (χ4v) is 6.70. The minimum Gasteiger partial charge on any atom is -0.239 e. The molecule has 130 valence electrons. The molecule has 2 aromatic carbocycles. The van der Waals surface area contributed by atoms with Crippen LogP contribution in [0, 0.1) is 0 Å². The molecule has 0 radical (unpaired) electrons. The molecule has 3 aromatic rings. The zero-order valence-corrected chi connectivity index (χ0v) is 16.2. The van der Waals surface area contributed by atoms with Crippen molar-refractivity contribution in [1.82, 2.24) is 9.29 Å². The van der Waals surface area contributed by atoms with Crippen molar-refractivity contribution in [2.45, 2.75) is 23.8 Å². The molecule has 1 unspecified atom stereocenters. The lowest BCUT2D eigenvalue weighted by Gasteiger charge is -2.23. The highest BCUT2D eigenvalue weighted by atomic mass is 35.5. The van der Waals surface area contributed by atoms with E-state index >= 15 is 0 Å². The Morgan fingerprint density at radius 2 is 1.92 bits per heavy atom. The van der Waals surface area contributed by atoms with E-state index in [9.17, 15) is 8.42 Å². The van der Waals surface area contributed by atoms with Gasteiger partial charge >= 0.3 is 0 Å². The summed E-state index contributed by atoms with van der Waals surface area (Å²) in [5, 5.41) is 1.12. The molecule has 25 heavy (non-hydrogen) atoms. The summed E-state index contributed by atoms with van der Waals surface area (Å²) in [5.74, 6) is 0. The van der Waals surface area contributed by atoms with Gasteiger partial charge in [0.15, 0.2) is 0 Å². The minimum atomic E-state index is -3.74. The second-order valence-electron chi connectivity index (χ2n) is 5.85. The fraction of sp³-hybridized carbons (Fsp3) is 0.235. The van der Waals surface area contributed by atoms with Crippen LogP contribution in [0.3, 0.4) is 0 Å². The Morgan fingerprint density at radius 3 is 2.72 bits per heavy atom. The van der Waals surface area contributed by atoms with Crippen LogP contribution in [0.5, 0.6) is 0 Å². The van der Waals surface area contributed by atoms with Gasteiger partial charge in [0.25, 0.3) is 0 Å². The van der Waals surface area contributed by atoms with Gasteiger partial charge in [0, 0.05) is 6.54 Å². The Kier molecular flexibility index (Phi) is 4.50. The highest BCUT2D eigenvalue weighted by Crippen LogP contribution is 2.41. The average Bonchev–Trinajstić information content (AvgIpc) is 3.23. The van der Waals surface area contributed by atoms with E-state index in [-0.39, 0.29) is 21.0 Å². The number of sulfonamides is 1. The largest absolute Gasteiger partial charge is 0.245 e. The molecule has 1 aliphatic rings. The maximum absolute atomic E-state index is 13.2. The summed E-state index contributed by atoms with van der Waals surface area (Å²) in [4.78, 5) is 4.70. The lowest BCUT2D eigenvalue weighted by Crippen LogP contribution is -2.30. The number of fused-ring (bicyclic) bond motifs is 1. The van der Waals surface area contributed by atoms with Crippen LogP contribution >= 0.6 is 34.5 Å². The summed E-state index contributed by atoms with van der Waals surface area (Å²) in [6.07, 6.45) is 1.54. The van der Waals surface area contributed by atoms with E-state index in [2.05, 4.69) is 4.98 Å². The topological polar surface area (TPSA) is 50.3 Å². The summed E-state index contributed by atoms with van der Waals surface area (Å²) in [6.45, 7) is 0.450. The van der Waals surface area contributed by atoms with Crippen molar-refractivity contribution in [3.63, 3.8) is 0 Å². The maximum Gasteiger partial charge on any atom is 0.245 e. The van der Waals surface area contributed by atoms with Crippen LogP contribution in [0.4, 0.5) is 0 Å². The number of hydrogen-bond donors (Lipinski definition) is 0. The first-order valence-electron chi connectivity index (χ1n) is 7.80. The first kappa shape index (κ1) is 17.2. The number of para-hydroxylation sites is 1. The van der Waals surface area contributed by atoms with Crippen molar-refractivity contribution in [2.24, 2.45) is 0 Å². The highest BCUT2D eigenvalue weighted by Gasteiger charge is 2.39. The summed E-state index contributed by atoms with van der Waals surface area (Å²) in [7, 11) is -3.74. The zero-order valence-electron chi connectivity index (χ0n) is 13.0. The quantitative estimate of drug-likeness (QED) is 0.598. The molecule has 1 fully saturated rings. The van der Waals surface area contributed by atoms with Gasteiger partial charge in [-0.05, 0) is 37.1 Å². The number of thiazole rings is 1. The van der Waals surface area contributed by atoms with Crippen molar-refractivity contribution in [1.29, 1.82) is 0 Å². The van der Waals surface area contributed by atoms with E-state index in [0.717, 1.165) is 28.1 Å². The van der Waals surface area contributed by atoms with Gasteiger partial charge < -0.3 is 0 Å². The molecule has 1 aromatic heterocycles. The van der Waals surface area contributed by atoms with Gasteiger partial charge in [-0.3, -0.25) is 0 Å². The molecule has 8 heteroatoms. The number of nitrogens with zero attached hydrogens (tertiary/aromatic N) is 2. The predicted octanol–water partition coefficient (Wildman–Crippen LogP) is 5.13. The predicted molar refractivity (Wildman–Crippen MR) is 102 cm³/mol. The number of aromatic nitrogens is 1. The Hall–Kier alpha value is -1.18. The first-order chi connectivity index (χ1) is 12.0. The van der Waals surface area contributed by atoms with Crippen LogP contribution in [-0.2, 0) is 10.0 Å². The fourth-order valence-electron chi connectivity index (χ4n) is 3.12. The summed E-state index contributed by atoms with van der Waals surface area (Å²) in [6, 6.07) is 12.2. The van der Waals surface area contributed by atoms with E-state index in [0.29, 0.717) is 6.54 Å². The third-order valence-corrected chi connectivity index (χ3v) is 8.32. The Bertz CT molecular complexity index is 1020. The Balaban J connectivity index is 1.77. The molecule has 1 atom stereocenters. The van der Waals surface area contributed by atoms with Gasteiger partial charge in [0.1, 0.15) is 9.90 Å². The Morgan fingerprint density at radius 1 is 1.12 bits per heavy atom. The molecule has 4 rings (SSSR count). The van der Waals surface area contributed by atoms with Crippen molar-refractivity contribution in [3.8, 4) is 0 Å². The number of halogens is 2. The van der Waals surface area contributed by atoms with Crippen LogP contribution in [0.25, 0.3) is 10.2 Å².